The minimum Gasteiger partial charge on any atom is -0.204 e. The highest BCUT2D eigenvalue weighted by molar-refractivity contribution is 7.90. The molecule has 0 bridgehead atoms. The number of rotatable bonds is 5. The molecule has 0 aromatic heterocycles. The molecule has 2 atom stereocenters. The molecule has 2 aromatic rings. The first-order chi connectivity index (χ1) is 11.0. The highest BCUT2D eigenvalue weighted by atomic mass is 32.2. The fourth-order valence-corrected chi connectivity index (χ4v) is 3.53. The van der Waals surface area contributed by atoms with E-state index in [-0.39, 0.29) is 11.3 Å². The third kappa shape index (κ3) is 3.08. The topological polar surface area (TPSA) is 46.5 Å². The van der Waals surface area contributed by atoms with Crippen LogP contribution in [-0.2, 0) is 15.4 Å². The average molecular weight is 327 g/mol. The minimum absolute atomic E-state index is 0.275. The van der Waals surface area contributed by atoms with Gasteiger partial charge in [-0.15, -0.1) is 0 Å². The summed E-state index contributed by atoms with van der Waals surface area (Å²) in [5.74, 6) is 0.275. The van der Waals surface area contributed by atoms with Crippen LogP contribution in [0.25, 0.3) is 0 Å². The van der Waals surface area contributed by atoms with E-state index < -0.39 is 15.3 Å². The molecule has 0 N–H and O–H groups in total. The molecule has 23 heavy (non-hydrogen) atoms. The Labute approximate surface area is 138 Å². The Morgan fingerprint density at radius 1 is 1.04 bits per heavy atom. The van der Waals surface area contributed by atoms with Gasteiger partial charge in [-0.3, -0.25) is 0 Å². The normalized spacial score (nSPS) is 24.2. The van der Waals surface area contributed by atoms with Gasteiger partial charge in [-0.2, -0.15) is 4.40 Å². The Balaban J connectivity index is 2.00. The van der Waals surface area contributed by atoms with Crippen LogP contribution in [0.4, 0.5) is 0 Å². The van der Waals surface area contributed by atoms with Gasteiger partial charge >= 0.3 is 0 Å². The molecule has 4 heteroatoms. The number of hydrogen-bond donors (Lipinski definition) is 0. The lowest BCUT2D eigenvalue weighted by molar-refractivity contribution is 0.589. The van der Waals surface area contributed by atoms with E-state index >= 15 is 0 Å². The van der Waals surface area contributed by atoms with E-state index in [1.54, 1.807) is 20.1 Å². The molecule has 0 heterocycles. The van der Waals surface area contributed by atoms with Gasteiger partial charge in [0.25, 0.3) is 10.0 Å². The van der Waals surface area contributed by atoms with Gasteiger partial charge in [0.2, 0.25) is 0 Å². The number of hydrogen-bond acceptors (Lipinski definition) is 2. The fourth-order valence-electron chi connectivity index (χ4n) is 2.95. The molecule has 3 nitrogen and oxygen atoms in total. The van der Waals surface area contributed by atoms with Crippen molar-refractivity contribution in [1.82, 2.24) is 0 Å². The summed E-state index contributed by atoms with van der Waals surface area (Å²) >= 11 is 0. The first kappa shape index (κ1) is 15.9. The van der Waals surface area contributed by atoms with Gasteiger partial charge in [0.1, 0.15) is 0 Å². The Hall–Kier alpha value is -1.94. The molecule has 0 radical (unpaired) electrons. The maximum absolute atomic E-state index is 12.1. The summed E-state index contributed by atoms with van der Waals surface area (Å²) in [6, 6.07) is 20.3. The zero-order chi connectivity index (χ0) is 16.5. The van der Waals surface area contributed by atoms with Crippen LogP contribution in [0.3, 0.4) is 0 Å². The van der Waals surface area contributed by atoms with Crippen molar-refractivity contribution in [2.45, 2.75) is 36.9 Å². The van der Waals surface area contributed by atoms with Gasteiger partial charge in [0.05, 0.1) is 5.25 Å². The maximum Gasteiger partial charge on any atom is 0.255 e. The molecule has 1 aliphatic carbocycles. The fraction of sp³-hybridized carbons (Fsp3) is 0.316. The summed E-state index contributed by atoms with van der Waals surface area (Å²) in [5, 5.41) is -0.500. The van der Waals surface area contributed by atoms with E-state index in [2.05, 4.69) is 28.7 Å². The zero-order valence-electron chi connectivity index (χ0n) is 13.4. The van der Waals surface area contributed by atoms with Crippen molar-refractivity contribution in [2.24, 2.45) is 4.40 Å². The first-order valence-corrected chi connectivity index (χ1v) is 9.37. The SMILES string of the molecule is CC(C)S(=O)(=O)/N=C/[C@@]1(c2ccccc2)C[C@@H]1c1ccccc1. The van der Waals surface area contributed by atoms with Crippen molar-refractivity contribution >= 4 is 16.2 Å². The predicted molar refractivity (Wildman–Crippen MR) is 94.5 cm³/mol. The van der Waals surface area contributed by atoms with E-state index in [1.165, 1.54) is 5.56 Å². The molecule has 120 valence electrons. The monoisotopic (exact) mass is 327 g/mol. The van der Waals surface area contributed by atoms with Crippen molar-refractivity contribution in [3.8, 4) is 0 Å². The Morgan fingerprint density at radius 2 is 1.61 bits per heavy atom. The van der Waals surface area contributed by atoms with E-state index in [9.17, 15) is 8.42 Å². The number of sulfonamides is 1. The van der Waals surface area contributed by atoms with Crippen molar-refractivity contribution in [1.29, 1.82) is 0 Å². The molecule has 0 saturated heterocycles. The van der Waals surface area contributed by atoms with Gasteiger partial charge in [0.15, 0.2) is 0 Å². The van der Waals surface area contributed by atoms with Crippen LogP contribution in [0.2, 0.25) is 0 Å². The van der Waals surface area contributed by atoms with Crippen LogP contribution in [0.15, 0.2) is 65.1 Å². The molecular weight excluding hydrogens is 306 g/mol. The van der Waals surface area contributed by atoms with Crippen LogP contribution in [-0.4, -0.2) is 19.9 Å². The molecule has 3 rings (SSSR count). The molecule has 1 fully saturated rings. The molecule has 1 saturated carbocycles. The minimum atomic E-state index is -3.44. The van der Waals surface area contributed by atoms with Crippen molar-refractivity contribution in [2.75, 3.05) is 0 Å². The largest absolute Gasteiger partial charge is 0.255 e. The summed E-state index contributed by atoms with van der Waals surface area (Å²) in [7, 11) is -3.44. The molecular formula is C19H21NO2S. The highest BCUT2D eigenvalue weighted by Gasteiger charge is 2.55. The Bertz CT molecular complexity index is 798. The summed E-state index contributed by atoms with van der Waals surface area (Å²) in [4.78, 5) is 0. The molecule has 0 amide bonds. The van der Waals surface area contributed by atoms with Crippen LogP contribution in [0.5, 0.6) is 0 Å². The second kappa shape index (κ2) is 5.93. The van der Waals surface area contributed by atoms with E-state index in [0.717, 1.165) is 12.0 Å². The third-order valence-corrected chi connectivity index (χ3v) is 6.13. The highest BCUT2D eigenvalue weighted by Crippen LogP contribution is 2.59. The number of nitrogens with zero attached hydrogens (tertiary/aromatic N) is 1. The lowest BCUT2D eigenvalue weighted by atomic mass is 9.92. The lowest BCUT2D eigenvalue weighted by Crippen LogP contribution is -2.16. The molecule has 2 aromatic carbocycles. The van der Waals surface area contributed by atoms with E-state index in [4.69, 9.17) is 0 Å². The van der Waals surface area contributed by atoms with Crippen molar-refractivity contribution in [3.63, 3.8) is 0 Å². The summed E-state index contributed by atoms with van der Waals surface area (Å²) in [6.45, 7) is 3.31. The van der Waals surface area contributed by atoms with Crippen LogP contribution in [0.1, 0.15) is 37.3 Å². The van der Waals surface area contributed by atoms with E-state index in [0.29, 0.717) is 0 Å². The van der Waals surface area contributed by atoms with Crippen molar-refractivity contribution in [3.05, 3.63) is 71.8 Å². The molecule has 0 spiro atoms. The zero-order valence-corrected chi connectivity index (χ0v) is 14.2. The third-order valence-electron chi connectivity index (χ3n) is 4.54. The Kier molecular flexibility index (Phi) is 4.11. The summed E-state index contributed by atoms with van der Waals surface area (Å²) in [6.07, 6.45) is 2.55. The summed E-state index contributed by atoms with van der Waals surface area (Å²) < 4.78 is 28.2. The molecule has 0 unspecified atom stereocenters. The molecule has 1 aliphatic rings. The Morgan fingerprint density at radius 3 is 2.17 bits per heavy atom. The molecule has 0 aliphatic heterocycles. The van der Waals surface area contributed by atoms with Crippen LogP contribution in [0, 0.1) is 0 Å². The summed E-state index contributed by atoms with van der Waals surface area (Å²) in [5.41, 5.74) is 2.03. The standard InChI is InChI=1S/C19H21NO2S/c1-15(2)23(21,22)20-14-19(17-11-7-4-8-12-17)13-18(19)16-9-5-3-6-10-16/h3-12,14-15,18H,13H2,1-2H3/b20-14+/t18-,19-/m1/s1. The predicted octanol–water partition coefficient (Wildman–Crippen LogP) is 3.92. The van der Waals surface area contributed by atoms with Gasteiger partial charge in [0, 0.05) is 11.6 Å². The second-order valence-electron chi connectivity index (χ2n) is 6.37. The van der Waals surface area contributed by atoms with Crippen LogP contribution >= 0.6 is 0 Å². The van der Waals surface area contributed by atoms with Gasteiger partial charge in [-0.1, -0.05) is 60.7 Å². The van der Waals surface area contributed by atoms with Gasteiger partial charge in [-0.25, -0.2) is 8.42 Å². The number of benzene rings is 2. The van der Waals surface area contributed by atoms with E-state index in [1.807, 2.05) is 36.4 Å². The maximum atomic E-state index is 12.1. The van der Waals surface area contributed by atoms with Crippen molar-refractivity contribution < 1.29 is 8.42 Å². The lowest BCUT2D eigenvalue weighted by Gasteiger charge is -2.13. The van der Waals surface area contributed by atoms with Gasteiger partial charge in [-0.05, 0) is 37.3 Å². The quantitative estimate of drug-likeness (QED) is 0.781. The van der Waals surface area contributed by atoms with Crippen LogP contribution < -0.4 is 0 Å². The second-order valence-corrected chi connectivity index (χ2v) is 8.56. The average Bonchev–Trinajstić information content (AvgIpc) is 3.31. The first-order valence-electron chi connectivity index (χ1n) is 7.86. The smallest absolute Gasteiger partial charge is 0.204 e. The van der Waals surface area contributed by atoms with Gasteiger partial charge < -0.3 is 0 Å².